The molecule has 0 aromatic carbocycles. The van der Waals surface area contributed by atoms with Gasteiger partial charge in [-0.1, -0.05) is 0 Å². The predicted octanol–water partition coefficient (Wildman–Crippen LogP) is 0.496. The molecule has 1 atom stereocenters. The maximum Gasteiger partial charge on any atom is 0.329 e. The lowest BCUT2D eigenvalue weighted by molar-refractivity contribution is -0.147. The molecule has 7 heteroatoms. The maximum atomic E-state index is 12.4. The molecule has 2 rings (SSSR count). The summed E-state index contributed by atoms with van der Waals surface area (Å²) in [6.45, 7) is 2.52. The van der Waals surface area contributed by atoms with Gasteiger partial charge in [0.1, 0.15) is 6.04 Å². The fourth-order valence-electron chi connectivity index (χ4n) is 1.99. The minimum atomic E-state index is -0.562. The maximum absolute atomic E-state index is 12.4. The predicted molar refractivity (Wildman–Crippen MR) is 75.8 cm³/mol. The Balaban J connectivity index is 2.18. The van der Waals surface area contributed by atoms with Gasteiger partial charge >= 0.3 is 5.97 Å². The van der Waals surface area contributed by atoms with Crippen LogP contribution in [0.2, 0.25) is 0 Å². The van der Waals surface area contributed by atoms with Gasteiger partial charge in [0.2, 0.25) is 5.56 Å². The van der Waals surface area contributed by atoms with Crippen molar-refractivity contribution >= 4 is 23.6 Å². The second-order valence-corrected chi connectivity index (χ2v) is 5.43. The van der Waals surface area contributed by atoms with E-state index in [1.807, 2.05) is 0 Å². The summed E-state index contributed by atoms with van der Waals surface area (Å²) < 4.78 is 5.01. The number of H-pyrrole nitrogens is 1. The zero-order chi connectivity index (χ0) is 14.5. The lowest BCUT2D eigenvalue weighted by Crippen LogP contribution is -2.51. The van der Waals surface area contributed by atoms with Gasteiger partial charge in [0.05, 0.1) is 12.2 Å². The highest BCUT2D eigenvalue weighted by atomic mass is 32.2. The lowest BCUT2D eigenvalue weighted by atomic mass is 10.2. The molecule has 1 aromatic heterocycles. The first-order valence-corrected chi connectivity index (χ1v) is 7.53. The van der Waals surface area contributed by atoms with E-state index in [0.717, 1.165) is 5.75 Å². The Hall–Kier alpha value is -1.76. The zero-order valence-corrected chi connectivity index (χ0v) is 11.9. The average Bonchev–Trinajstić information content (AvgIpc) is 2.47. The van der Waals surface area contributed by atoms with Crippen LogP contribution in [-0.4, -0.2) is 52.5 Å². The van der Waals surface area contributed by atoms with Gasteiger partial charge in [-0.2, -0.15) is 11.8 Å². The lowest BCUT2D eigenvalue weighted by Gasteiger charge is -2.33. The van der Waals surface area contributed by atoms with E-state index in [0.29, 0.717) is 24.5 Å². The highest BCUT2D eigenvalue weighted by Crippen LogP contribution is 2.19. The van der Waals surface area contributed by atoms with Crippen LogP contribution < -0.4 is 5.56 Å². The third-order valence-electron chi connectivity index (χ3n) is 2.98. The number of hydrogen-bond donors (Lipinski definition) is 1. The van der Waals surface area contributed by atoms with Gasteiger partial charge in [0.15, 0.2) is 0 Å². The van der Waals surface area contributed by atoms with Crippen molar-refractivity contribution < 1.29 is 14.3 Å². The molecule has 20 heavy (non-hydrogen) atoms. The van der Waals surface area contributed by atoms with Crippen molar-refractivity contribution in [2.75, 3.05) is 24.7 Å². The number of nitrogens with one attached hydrogen (secondary N) is 1. The largest absolute Gasteiger partial charge is 0.464 e. The van der Waals surface area contributed by atoms with Crippen LogP contribution in [0.1, 0.15) is 17.3 Å². The number of carbonyl (C=O) groups excluding carboxylic acids is 2. The second-order valence-electron chi connectivity index (χ2n) is 4.28. The van der Waals surface area contributed by atoms with Crippen LogP contribution >= 0.6 is 11.8 Å². The first kappa shape index (κ1) is 14.6. The molecule has 0 bridgehead atoms. The van der Waals surface area contributed by atoms with E-state index in [4.69, 9.17) is 4.74 Å². The minimum Gasteiger partial charge on any atom is -0.464 e. The number of hydrogen-bond acceptors (Lipinski definition) is 5. The summed E-state index contributed by atoms with van der Waals surface area (Å²) in [6.07, 6.45) is 1.37. The number of rotatable bonds is 3. The quantitative estimate of drug-likeness (QED) is 0.822. The summed E-state index contributed by atoms with van der Waals surface area (Å²) in [4.78, 5) is 39.3. The summed E-state index contributed by atoms with van der Waals surface area (Å²) in [6, 6.07) is 2.20. The smallest absolute Gasteiger partial charge is 0.329 e. The minimum absolute atomic E-state index is 0.264. The number of amides is 1. The van der Waals surface area contributed by atoms with Crippen molar-refractivity contribution in [3.63, 3.8) is 0 Å². The first-order valence-electron chi connectivity index (χ1n) is 6.37. The van der Waals surface area contributed by atoms with E-state index in [1.165, 1.54) is 23.2 Å². The van der Waals surface area contributed by atoms with Crippen LogP contribution in [0.3, 0.4) is 0 Å². The summed E-state index contributed by atoms with van der Waals surface area (Å²) in [5.41, 5.74) is 0.100. The Kier molecular flexibility index (Phi) is 4.84. The number of thioether (sulfide) groups is 1. The summed E-state index contributed by atoms with van der Waals surface area (Å²) in [5, 5.41) is 0. The van der Waals surface area contributed by atoms with E-state index in [2.05, 4.69) is 4.98 Å². The van der Waals surface area contributed by atoms with Gasteiger partial charge in [-0.15, -0.1) is 0 Å². The third-order valence-corrected chi connectivity index (χ3v) is 4.00. The SMILES string of the molecule is CCOC(=O)C1CSCCN1C(=O)c1ccc(=O)[nH]c1. The van der Waals surface area contributed by atoms with Crippen LogP contribution in [0.4, 0.5) is 0 Å². The van der Waals surface area contributed by atoms with Crippen LogP contribution in [0.25, 0.3) is 0 Å². The Morgan fingerprint density at radius 3 is 2.95 bits per heavy atom. The van der Waals surface area contributed by atoms with Crippen molar-refractivity contribution in [1.29, 1.82) is 0 Å². The topological polar surface area (TPSA) is 79.5 Å². The molecule has 1 aliphatic rings. The Morgan fingerprint density at radius 2 is 2.30 bits per heavy atom. The molecular formula is C13H16N2O4S. The number of carbonyl (C=O) groups is 2. The van der Waals surface area contributed by atoms with Crippen LogP contribution in [0.5, 0.6) is 0 Å². The number of ether oxygens (including phenoxy) is 1. The molecule has 6 nitrogen and oxygen atoms in total. The van der Waals surface area contributed by atoms with Gasteiger partial charge in [0, 0.05) is 30.3 Å². The number of aromatic amines is 1. The van der Waals surface area contributed by atoms with Gasteiger partial charge in [-0.3, -0.25) is 9.59 Å². The highest BCUT2D eigenvalue weighted by Gasteiger charge is 2.34. The standard InChI is InChI=1S/C13H16N2O4S/c1-2-19-13(18)10-8-20-6-5-15(10)12(17)9-3-4-11(16)14-7-9/h3-4,7,10H,2,5-6,8H2,1H3,(H,14,16). The van der Waals surface area contributed by atoms with Crippen molar-refractivity contribution in [3.05, 3.63) is 34.2 Å². The molecule has 2 heterocycles. The van der Waals surface area contributed by atoms with E-state index in [1.54, 1.807) is 18.7 Å². The van der Waals surface area contributed by atoms with Crippen molar-refractivity contribution in [1.82, 2.24) is 9.88 Å². The molecule has 1 unspecified atom stereocenters. The normalized spacial score (nSPS) is 18.6. The molecule has 108 valence electrons. The van der Waals surface area contributed by atoms with Crippen molar-refractivity contribution in [2.24, 2.45) is 0 Å². The third kappa shape index (κ3) is 3.22. The molecule has 1 fully saturated rings. The van der Waals surface area contributed by atoms with Crippen LogP contribution in [-0.2, 0) is 9.53 Å². The van der Waals surface area contributed by atoms with E-state index >= 15 is 0 Å². The number of esters is 1. The van der Waals surface area contributed by atoms with Crippen LogP contribution in [0, 0.1) is 0 Å². The van der Waals surface area contributed by atoms with E-state index < -0.39 is 6.04 Å². The molecule has 0 aliphatic carbocycles. The Bertz CT molecular complexity index is 537. The number of pyridine rings is 1. The monoisotopic (exact) mass is 296 g/mol. The molecule has 1 N–H and O–H groups in total. The van der Waals surface area contributed by atoms with Crippen molar-refractivity contribution in [3.8, 4) is 0 Å². The van der Waals surface area contributed by atoms with E-state index in [-0.39, 0.29) is 17.4 Å². The Morgan fingerprint density at radius 1 is 1.50 bits per heavy atom. The first-order chi connectivity index (χ1) is 9.63. The Labute approximate surface area is 120 Å². The summed E-state index contributed by atoms with van der Waals surface area (Å²) in [7, 11) is 0. The zero-order valence-electron chi connectivity index (χ0n) is 11.1. The average molecular weight is 296 g/mol. The molecule has 0 spiro atoms. The fourth-order valence-corrected chi connectivity index (χ4v) is 3.02. The highest BCUT2D eigenvalue weighted by molar-refractivity contribution is 7.99. The molecule has 0 saturated carbocycles. The molecule has 0 radical (unpaired) electrons. The molecule has 1 aromatic rings. The van der Waals surface area contributed by atoms with Gasteiger partial charge in [-0.05, 0) is 13.0 Å². The fraction of sp³-hybridized carbons (Fsp3) is 0.462. The molecular weight excluding hydrogens is 280 g/mol. The molecule has 1 amide bonds. The number of aromatic nitrogens is 1. The van der Waals surface area contributed by atoms with E-state index in [9.17, 15) is 14.4 Å². The second kappa shape index (κ2) is 6.60. The van der Waals surface area contributed by atoms with Crippen molar-refractivity contribution in [2.45, 2.75) is 13.0 Å². The molecule has 1 aliphatic heterocycles. The van der Waals surface area contributed by atoms with Crippen LogP contribution in [0.15, 0.2) is 23.1 Å². The van der Waals surface area contributed by atoms with Gasteiger partial charge < -0.3 is 14.6 Å². The summed E-state index contributed by atoms with van der Waals surface area (Å²) in [5.74, 6) is 0.677. The molecule has 1 saturated heterocycles. The van der Waals surface area contributed by atoms with Gasteiger partial charge in [-0.25, -0.2) is 4.79 Å². The number of nitrogens with zero attached hydrogens (tertiary/aromatic N) is 1. The summed E-state index contributed by atoms with van der Waals surface area (Å²) >= 11 is 1.62. The van der Waals surface area contributed by atoms with Gasteiger partial charge in [0.25, 0.3) is 5.91 Å².